The van der Waals surface area contributed by atoms with Gasteiger partial charge in [0.05, 0.1) is 12.8 Å². The fourth-order valence-corrected chi connectivity index (χ4v) is 2.82. The number of benzene rings is 2. The van der Waals surface area contributed by atoms with Gasteiger partial charge in [-0.3, -0.25) is 9.59 Å². The highest BCUT2D eigenvalue weighted by molar-refractivity contribution is 6.04. The van der Waals surface area contributed by atoms with Crippen molar-refractivity contribution in [1.82, 2.24) is 0 Å². The zero-order chi connectivity index (χ0) is 21.5. The van der Waals surface area contributed by atoms with E-state index >= 15 is 0 Å². The Labute approximate surface area is 173 Å². The minimum Gasteiger partial charge on any atom is -0.493 e. The lowest BCUT2D eigenvalue weighted by Crippen LogP contribution is -2.21. The lowest BCUT2D eigenvalue weighted by Gasteiger charge is -2.20. The summed E-state index contributed by atoms with van der Waals surface area (Å²) >= 11 is 0. The molecule has 8 nitrogen and oxygen atoms in total. The molecule has 0 radical (unpaired) electrons. The van der Waals surface area contributed by atoms with Crippen LogP contribution in [0, 0.1) is 0 Å². The van der Waals surface area contributed by atoms with Crippen LogP contribution in [-0.2, 0) is 14.3 Å². The second-order valence-electron chi connectivity index (χ2n) is 6.34. The topological polar surface area (TPSA) is 100 Å². The molecule has 0 bridgehead atoms. The van der Waals surface area contributed by atoms with Crippen molar-refractivity contribution in [2.75, 3.05) is 32.2 Å². The molecular formula is C22H21NO7. The Hall–Kier alpha value is -3.81. The molecule has 0 unspecified atom stereocenters. The number of Topliss-reactive ketones (excluding diaryl/α,β-unsaturated/α-hetero) is 1. The maximum atomic E-state index is 12.0. The van der Waals surface area contributed by atoms with Gasteiger partial charge in [0.1, 0.15) is 13.2 Å². The minimum absolute atomic E-state index is 0.180. The Morgan fingerprint density at radius 1 is 1.13 bits per heavy atom. The number of hydrogen-bond donors (Lipinski definition) is 1. The molecule has 2 aromatic carbocycles. The van der Waals surface area contributed by atoms with E-state index in [4.69, 9.17) is 18.9 Å². The molecule has 0 aliphatic carbocycles. The van der Waals surface area contributed by atoms with Crippen LogP contribution in [0.3, 0.4) is 0 Å². The molecule has 1 amide bonds. The first-order valence-electron chi connectivity index (χ1n) is 9.20. The Kier molecular flexibility index (Phi) is 6.69. The van der Waals surface area contributed by atoms with E-state index in [0.717, 1.165) is 0 Å². The van der Waals surface area contributed by atoms with E-state index in [1.165, 1.54) is 26.2 Å². The summed E-state index contributed by atoms with van der Waals surface area (Å²) in [6, 6.07) is 10.0. The van der Waals surface area contributed by atoms with Crippen LogP contribution in [0.25, 0.3) is 6.08 Å². The summed E-state index contributed by atoms with van der Waals surface area (Å²) in [5.41, 5.74) is 1.39. The predicted molar refractivity (Wildman–Crippen MR) is 109 cm³/mol. The number of hydrogen-bond acceptors (Lipinski definition) is 7. The number of esters is 1. The van der Waals surface area contributed by atoms with E-state index in [2.05, 4.69) is 5.32 Å². The molecule has 156 valence electrons. The summed E-state index contributed by atoms with van der Waals surface area (Å²) in [6.45, 7) is 1.78. The highest BCUT2D eigenvalue weighted by atomic mass is 16.6. The molecule has 1 N–H and O–H groups in total. The third kappa shape index (κ3) is 5.16. The molecule has 0 saturated heterocycles. The number of ether oxygens (including phenoxy) is 4. The molecular weight excluding hydrogens is 390 g/mol. The number of rotatable bonds is 7. The smallest absolute Gasteiger partial charge is 0.331 e. The number of amides is 1. The maximum absolute atomic E-state index is 12.0. The second kappa shape index (κ2) is 9.60. The zero-order valence-electron chi connectivity index (χ0n) is 16.6. The molecule has 0 spiro atoms. The number of anilines is 1. The van der Waals surface area contributed by atoms with Crippen LogP contribution in [0.5, 0.6) is 17.2 Å². The Balaban J connectivity index is 1.58. The van der Waals surface area contributed by atoms with Crippen molar-refractivity contribution in [2.45, 2.75) is 6.92 Å². The van der Waals surface area contributed by atoms with Crippen LogP contribution in [0.4, 0.5) is 5.69 Å². The van der Waals surface area contributed by atoms with Crippen LogP contribution in [0.2, 0.25) is 0 Å². The van der Waals surface area contributed by atoms with Crippen molar-refractivity contribution >= 4 is 29.4 Å². The van der Waals surface area contributed by atoms with Crippen molar-refractivity contribution in [3.05, 3.63) is 53.6 Å². The van der Waals surface area contributed by atoms with Gasteiger partial charge in [0.2, 0.25) is 5.75 Å². The lowest BCUT2D eigenvalue weighted by molar-refractivity contribution is -0.142. The van der Waals surface area contributed by atoms with Crippen molar-refractivity contribution in [1.29, 1.82) is 0 Å². The maximum Gasteiger partial charge on any atom is 0.331 e. The van der Waals surface area contributed by atoms with Crippen molar-refractivity contribution in [3.63, 3.8) is 0 Å². The van der Waals surface area contributed by atoms with Crippen molar-refractivity contribution in [3.8, 4) is 17.2 Å². The molecule has 2 aromatic rings. The van der Waals surface area contributed by atoms with Crippen LogP contribution < -0.4 is 19.5 Å². The largest absolute Gasteiger partial charge is 0.493 e. The molecule has 1 aliphatic rings. The lowest BCUT2D eigenvalue weighted by atomic mass is 10.1. The third-order valence-electron chi connectivity index (χ3n) is 4.19. The van der Waals surface area contributed by atoms with Gasteiger partial charge in [0.15, 0.2) is 23.9 Å². The number of methoxy groups -OCH3 is 1. The van der Waals surface area contributed by atoms with E-state index in [1.807, 2.05) is 0 Å². The van der Waals surface area contributed by atoms with Crippen molar-refractivity contribution < 1.29 is 33.3 Å². The molecule has 8 heteroatoms. The predicted octanol–water partition coefficient (Wildman–Crippen LogP) is 2.86. The van der Waals surface area contributed by atoms with Crippen LogP contribution >= 0.6 is 0 Å². The molecule has 3 rings (SSSR count). The summed E-state index contributed by atoms with van der Waals surface area (Å²) in [7, 11) is 1.51. The quantitative estimate of drug-likeness (QED) is 0.425. The van der Waals surface area contributed by atoms with Gasteiger partial charge in [-0.1, -0.05) is 12.1 Å². The van der Waals surface area contributed by atoms with Gasteiger partial charge in [-0.05, 0) is 42.8 Å². The highest BCUT2D eigenvalue weighted by Gasteiger charge is 2.18. The SMILES string of the molecule is COc1cc(/C=C/C(=O)OCC(=O)Nc2ccccc2C(C)=O)cc2c1OCCO2. The van der Waals surface area contributed by atoms with Crippen molar-refractivity contribution in [2.24, 2.45) is 0 Å². The molecule has 1 heterocycles. The average molecular weight is 411 g/mol. The van der Waals surface area contributed by atoms with E-state index in [0.29, 0.717) is 47.3 Å². The number of ketones is 1. The Morgan fingerprint density at radius 3 is 2.67 bits per heavy atom. The van der Waals surface area contributed by atoms with Gasteiger partial charge >= 0.3 is 5.97 Å². The first kappa shape index (κ1) is 20.9. The van der Waals surface area contributed by atoms with Crippen LogP contribution in [0.15, 0.2) is 42.5 Å². The Morgan fingerprint density at radius 2 is 1.90 bits per heavy atom. The summed E-state index contributed by atoms with van der Waals surface area (Å²) in [4.78, 5) is 35.6. The standard InChI is InChI=1S/C22H21NO7/c1-14(24)16-5-3-4-6-17(16)23-20(25)13-30-21(26)8-7-15-11-18(27-2)22-19(12-15)28-9-10-29-22/h3-8,11-12H,9-10,13H2,1-2H3,(H,23,25)/b8-7+. The number of carbonyl (C=O) groups excluding carboxylic acids is 3. The normalized spacial score (nSPS) is 12.3. The molecule has 0 saturated carbocycles. The number of para-hydroxylation sites is 1. The van der Waals surface area contributed by atoms with Gasteiger partial charge in [-0.25, -0.2) is 4.79 Å². The second-order valence-corrected chi connectivity index (χ2v) is 6.34. The number of nitrogens with one attached hydrogen (secondary N) is 1. The number of carbonyl (C=O) groups is 3. The highest BCUT2D eigenvalue weighted by Crippen LogP contribution is 2.40. The van der Waals surface area contributed by atoms with E-state index in [9.17, 15) is 14.4 Å². The summed E-state index contributed by atoms with van der Waals surface area (Å²) in [5, 5.41) is 2.56. The summed E-state index contributed by atoms with van der Waals surface area (Å²) in [6.07, 6.45) is 2.72. The van der Waals surface area contributed by atoms with Crippen LogP contribution in [-0.4, -0.2) is 44.6 Å². The first-order chi connectivity index (χ1) is 14.5. The van der Waals surface area contributed by atoms with Gasteiger partial charge in [-0.15, -0.1) is 0 Å². The molecule has 0 fully saturated rings. The fourth-order valence-electron chi connectivity index (χ4n) is 2.82. The zero-order valence-corrected chi connectivity index (χ0v) is 16.6. The number of fused-ring (bicyclic) bond motifs is 1. The van der Waals surface area contributed by atoms with E-state index < -0.39 is 18.5 Å². The van der Waals surface area contributed by atoms with Gasteiger partial charge in [0.25, 0.3) is 5.91 Å². The molecule has 1 aliphatic heterocycles. The minimum atomic E-state index is -0.696. The third-order valence-corrected chi connectivity index (χ3v) is 4.19. The van der Waals surface area contributed by atoms with Gasteiger partial charge < -0.3 is 24.3 Å². The average Bonchev–Trinajstić information content (AvgIpc) is 2.75. The molecule has 30 heavy (non-hydrogen) atoms. The Bertz CT molecular complexity index is 980. The van der Waals surface area contributed by atoms with Gasteiger partial charge in [0, 0.05) is 11.6 Å². The fraction of sp³-hybridized carbons (Fsp3) is 0.227. The van der Waals surface area contributed by atoms with E-state index in [1.54, 1.807) is 36.4 Å². The van der Waals surface area contributed by atoms with Crippen LogP contribution in [0.1, 0.15) is 22.8 Å². The summed E-state index contributed by atoms with van der Waals surface area (Å²) in [5.74, 6) is 0.109. The first-order valence-corrected chi connectivity index (χ1v) is 9.20. The van der Waals surface area contributed by atoms with E-state index in [-0.39, 0.29) is 5.78 Å². The monoisotopic (exact) mass is 411 g/mol. The summed E-state index contributed by atoms with van der Waals surface area (Å²) < 4.78 is 21.3. The van der Waals surface area contributed by atoms with Gasteiger partial charge in [-0.2, -0.15) is 0 Å². The molecule has 0 aromatic heterocycles. The molecule has 0 atom stereocenters.